The van der Waals surface area contributed by atoms with E-state index in [-0.39, 0.29) is 6.10 Å². The zero-order chi connectivity index (χ0) is 13.7. The van der Waals surface area contributed by atoms with E-state index in [0.717, 1.165) is 5.75 Å². The topological polar surface area (TPSA) is 41.5 Å². The van der Waals surface area contributed by atoms with Crippen molar-refractivity contribution < 1.29 is 9.84 Å². The number of nitrogens with one attached hydrogen (secondary N) is 1. The van der Waals surface area contributed by atoms with Gasteiger partial charge < -0.3 is 15.2 Å². The summed E-state index contributed by atoms with van der Waals surface area (Å²) >= 11 is 0. The Morgan fingerprint density at radius 2 is 1.83 bits per heavy atom. The molecule has 0 aliphatic carbocycles. The molecule has 1 rings (SSSR count). The molecular formula is C15H25NO2. The van der Waals surface area contributed by atoms with Gasteiger partial charge in [0.05, 0.1) is 0 Å². The maximum atomic E-state index is 9.96. The second kappa shape index (κ2) is 6.76. The quantitative estimate of drug-likeness (QED) is 0.816. The predicted molar refractivity (Wildman–Crippen MR) is 75.2 cm³/mol. The normalized spacial score (nSPS) is 14.6. The van der Waals surface area contributed by atoms with Crippen LogP contribution >= 0.6 is 0 Å². The SMILES string of the molecule is Cc1ccc(OC(C)C(O)CNC(C)C)cc1C. The lowest BCUT2D eigenvalue weighted by Crippen LogP contribution is -2.40. The summed E-state index contributed by atoms with van der Waals surface area (Å²) in [5, 5.41) is 13.2. The molecule has 0 spiro atoms. The maximum Gasteiger partial charge on any atom is 0.123 e. The monoisotopic (exact) mass is 251 g/mol. The number of benzene rings is 1. The molecule has 2 unspecified atom stereocenters. The van der Waals surface area contributed by atoms with Gasteiger partial charge in [-0.15, -0.1) is 0 Å². The molecule has 3 nitrogen and oxygen atoms in total. The summed E-state index contributed by atoms with van der Waals surface area (Å²) in [6.07, 6.45) is -0.729. The number of aliphatic hydroxyl groups excluding tert-OH is 1. The highest BCUT2D eigenvalue weighted by Gasteiger charge is 2.16. The number of hydrogen-bond acceptors (Lipinski definition) is 3. The largest absolute Gasteiger partial charge is 0.488 e. The molecule has 18 heavy (non-hydrogen) atoms. The van der Waals surface area contributed by atoms with Gasteiger partial charge in [-0.05, 0) is 44.0 Å². The molecule has 0 bridgehead atoms. The fourth-order valence-electron chi connectivity index (χ4n) is 1.60. The summed E-state index contributed by atoms with van der Waals surface area (Å²) in [6, 6.07) is 6.36. The Labute approximate surface area is 110 Å². The fraction of sp³-hybridized carbons (Fsp3) is 0.600. The van der Waals surface area contributed by atoms with Crippen molar-refractivity contribution in [2.45, 2.75) is 52.9 Å². The van der Waals surface area contributed by atoms with Crippen LogP contribution in [0.5, 0.6) is 5.75 Å². The van der Waals surface area contributed by atoms with Crippen molar-refractivity contribution in [3.8, 4) is 5.75 Å². The second-order valence-electron chi connectivity index (χ2n) is 5.20. The Hall–Kier alpha value is -1.06. The molecule has 3 heteroatoms. The van der Waals surface area contributed by atoms with E-state index in [1.165, 1.54) is 11.1 Å². The molecule has 0 radical (unpaired) electrons. The van der Waals surface area contributed by atoms with E-state index in [4.69, 9.17) is 4.74 Å². The zero-order valence-electron chi connectivity index (χ0n) is 12.0. The molecule has 2 N–H and O–H groups in total. The van der Waals surface area contributed by atoms with E-state index in [2.05, 4.69) is 33.0 Å². The molecule has 0 heterocycles. The lowest BCUT2D eigenvalue weighted by Gasteiger charge is -2.22. The van der Waals surface area contributed by atoms with E-state index in [9.17, 15) is 5.11 Å². The molecular weight excluding hydrogens is 226 g/mol. The highest BCUT2D eigenvalue weighted by molar-refractivity contribution is 5.33. The minimum absolute atomic E-state index is 0.224. The van der Waals surface area contributed by atoms with Crippen LogP contribution in [0.25, 0.3) is 0 Å². The molecule has 0 fully saturated rings. The van der Waals surface area contributed by atoms with Crippen LogP contribution in [-0.2, 0) is 0 Å². The summed E-state index contributed by atoms with van der Waals surface area (Å²) in [5.74, 6) is 0.814. The van der Waals surface area contributed by atoms with Crippen LogP contribution in [0.2, 0.25) is 0 Å². The second-order valence-corrected chi connectivity index (χ2v) is 5.20. The van der Waals surface area contributed by atoms with E-state index < -0.39 is 6.10 Å². The van der Waals surface area contributed by atoms with E-state index in [0.29, 0.717) is 12.6 Å². The van der Waals surface area contributed by atoms with Gasteiger partial charge >= 0.3 is 0 Å². The molecule has 2 atom stereocenters. The molecule has 0 saturated carbocycles. The van der Waals surface area contributed by atoms with E-state index >= 15 is 0 Å². The summed E-state index contributed by atoms with van der Waals surface area (Å²) in [5.41, 5.74) is 2.45. The lowest BCUT2D eigenvalue weighted by molar-refractivity contribution is 0.0464. The van der Waals surface area contributed by atoms with Gasteiger partial charge in [-0.1, -0.05) is 19.9 Å². The summed E-state index contributed by atoms with van der Waals surface area (Å²) in [6.45, 7) is 10.7. The first-order valence-electron chi connectivity index (χ1n) is 6.55. The number of ether oxygens (including phenoxy) is 1. The van der Waals surface area contributed by atoms with E-state index in [1.807, 2.05) is 25.1 Å². The molecule has 0 aromatic heterocycles. The highest BCUT2D eigenvalue weighted by atomic mass is 16.5. The van der Waals surface area contributed by atoms with Crippen LogP contribution in [0.1, 0.15) is 31.9 Å². The van der Waals surface area contributed by atoms with Gasteiger partial charge in [-0.2, -0.15) is 0 Å². The van der Waals surface area contributed by atoms with Crippen molar-refractivity contribution in [3.05, 3.63) is 29.3 Å². The van der Waals surface area contributed by atoms with Crippen molar-refractivity contribution in [2.24, 2.45) is 0 Å². The Morgan fingerprint density at radius 3 is 2.39 bits per heavy atom. The van der Waals surface area contributed by atoms with Crippen molar-refractivity contribution in [1.82, 2.24) is 5.32 Å². The Morgan fingerprint density at radius 1 is 1.17 bits per heavy atom. The fourth-order valence-corrected chi connectivity index (χ4v) is 1.60. The number of hydrogen-bond donors (Lipinski definition) is 2. The van der Waals surface area contributed by atoms with Gasteiger partial charge in [0, 0.05) is 12.6 Å². The predicted octanol–water partition coefficient (Wildman–Crippen LogP) is 2.43. The first-order chi connectivity index (χ1) is 8.40. The van der Waals surface area contributed by atoms with Gasteiger partial charge in [-0.3, -0.25) is 0 Å². The van der Waals surface area contributed by atoms with Crippen molar-refractivity contribution >= 4 is 0 Å². The highest BCUT2D eigenvalue weighted by Crippen LogP contribution is 2.18. The molecule has 1 aromatic rings. The van der Waals surface area contributed by atoms with Gasteiger partial charge in [0.2, 0.25) is 0 Å². The van der Waals surface area contributed by atoms with Gasteiger partial charge in [0.1, 0.15) is 18.0 Å². The molecule has 0 aliphatic rings. The third kappa shape index (κ3) is 4.67. The molecule has 1 aromatic carbocycles. The Balaban J connectivity index is 2.52. The van der Waals surface area contributed by atoms with Crippen molar-refractivity contribution in [3.63, 3.8) is 0 Å². The first kappa shape index (κ1) is 15.0. The van der Waals surface area contributed by atoms with Crippen LogP contribution in [-0.4, -0.2) is 29.9 Å². The summed E-state index contributed by atoms with van der Waals surface area (Å²) in [7, 11) is 0. The first-order valence-corrected chi connectivity index (χ1v) is 6.55. The smallest absolute Gasteiger partial charge is 0.123 e. The zero-order valence-corrected chi connectivity index (χ0v) is 12.0. The van der Waals surface area contributed by atoms with Crippen LogP contribution in [0, 0.1) is 13.8 Å². The van der Waals surface area contributed by atoms with Gasteiger partial charge in [0.15, 0.2) is 0 Å². The molecule has 0 amide bonds. The minimum atomic E-state index is -0.506. The summed E-state index contributed by atoms with van der Waals surface area (Å²) in [4.78, 5) is 0. The van der Waals surface area contributed by atoms with Gasteiger partial charge in [0.25, 0.3) is 0 Å². The standard InChI is InChI=1S/C15H25NO2/c1-10(2)16-9-15(17)13(5)18-14-7-6-11(3)12(4)8-14/h6-8,10,13,15-17H,9H2,1-5H3. The molecule has 0 saturated heterocycles. The van der Waals surface area contributed by atoms with Crippen LogP contribution in [0.4, 0.5) is 0 Å². The number of aliphatic hydroxyl groups is 1. The van der Waals surface area contributed by atoms with E-state index in [1.54, 1.807) is 0 Å². The van der Waals surface area contributed by atoms with Crippen molar-refractivity contribution in [2.75, 3.05) is 6.54 Å². The van der Waals surface area contributed by atoms with Crippen LogP contribution < -0.4 is 10.1 Å². The number of aryl methyl sites for hydroxylation is 2. The third-order valence-electron chi connectivity index (χ3n) is 3.08. The third-order valence-corrected chi connectivity index (χ3v) is 3.08. The average molecular weight is 251 g/mol. The average Bonchev–Trinajstić information content (AvgIpc) is 2.30. The Kier molecular flexibility index (Phi) is 5.63. The van der Waals surface area contributed by atoms with Crippen molar-refractivity contribution in [1.29, 1.82) is 0 Å². The van der Waals surface area contributed by atoms with Crippen LogP contribution in [0.15, 0.2) is 18.2 Å². The summed E-state index contributed by atoms with van der Waals surface area (Å²) < 4.78 is 5.75. The maximum absolute atomic E-state index is 9.96. The minimum Gasteiger partial charge on any atom is -0.488 e. The molecule has 102 valence electrons. The number of rotatable bonds is 6. The van der Waals surface area contributed by atoms with Crippen LogP contribution in [0.3, 0.4) is 0 Å². The Bertz CT molecular complexity index is 377. The van der Waals surface area contributed by atoms with Gasteiger partial charge in [-0.25, -0.2) is 0 Å². The lowest BCUT2D eigenvalue weighted by atomic mass is 10.1. The molecule has 0 aliphatic heterocycles.